The highest BCUT2D eigenvalue weighted by Crippen LogP contribution is 2.29. The predicted octanol–water partition coefficient (Wildman–Crippen LogP) is 3.53. The predicted molar refractivity (Wildman–Crippen MR) is 112 cm³/mol. The molecule has 1 amide bonds. The van der Waals surface area contributed by atoms with Gasteiger partial charge < -0.3 is 9.84 Å². The van der Waals surface area contributed by atoms with Crippen LogP contribution in [0.15, 0.2) is 53.3 Å². The number of fused-ring (bicyclic) bond motifs is 2. The monoisotopic (exact) mass is 399 g/mol. The molecule has 5 rings (SSSR count). The normalized spacial score (nSPS) is 13.2. The Hall–Kier alpha value is -3.61. The number of nitrogens with zero attached hydrogens (tertiary/aromatic N) is 4. The Labute approximate surface area is 173 Å². The second-order valence-corrected chi connectivity index (χ2v) is 7.40. The summed E-state index contributed by atoms with van der Waals surface area (Å²) in [7, 11) is 0. The third kappa shape index (κ3) is 3.54. The molecule has 0 radical (unpaired) electrons. The van der Waals surface area contributed by atoms with E-state index in [1.807, 2.05) is 36.4 Å². The molecule has 0 saturated heterocycles. The van der Waals surface area contributed by atoms with Crippen molar-refractivity contribution in [2.75, 3.05) is 6.54 Å². The van der Waals surface area contributed by atoms with Crippen LogP contribution in [-0.2, 0) is 19.3 Å². The van der Waals surface area contributed by atoms with Gasteiger partial charge in [0.2, 0.25) is 0 Å². The summed E-state index contributed by atoms with van der Waals surface area (Å²) in [6.45, 7) is 0.427. The van der Waals surface area contributed by atoms with E-state index < -0.39 is 0 Å². The molecule has 0 fully saturated rings. The summed E-state index contributed by atoms with van der Waals surface area (Å²) in [5.74, 6) is 0.914. The molecule has 150 valence electrons. The highest BCUT2D eigenvalue weighted by atomic mass is 16.5. The summed E-state index contributed by atoms with van der Waals surface area (Å²) in [5, 5.41) is 7.96. The molecule has 30 heavy (non-hydrogen) atoms. The Morgan fingerprint density at radius 1 is 1.07 bits per heavy atom. The van der Waals surface area contributed by atoms with Crippen LogP contribution in [0.3, 0.4) is 0 Å². The zero-order valence-electron chi connectivity index (χ0n) is 16.5. The van der Waals surface area contributed by atoms with Crippen LogP contribution in [-0.4, -0.2) is 32.6 Å². The Kier molecular flexibility index (Phi) is 4.93. The van der Waals surface area contributed by atoms with Gasteiger partial charge in [-0.05, 0) is 49.4 Å². The third-order valence-electron chi connectivity index (χ3n) is 5.41. The zero-order chi connectivity index (χ0) is 20.3. The molecule has 0 bridgehead atoms. The van der Waals surface area contributed by atoms with E-state index in [2.05, 4.69) is 20.4 Å². The van der Waals surface area contributed by atoms with E-state index in [0.29, 0.717) is 24.7 Å². The minimum Gasteiger partial charge on any atom is -0.352 e. The maximum absolute atomic E-state index is 13.1. The summed E-state index contributed by atoms with van der Waals surface area (Å²) < 4.78 is 5.30. The van der Waals surface area contributed by atoms with Crippen LogP contribution < -0.4 is 5.32 Å². The van der Waals surface area contributed by atoms with Gasteiger partial charge in [-0.2, -0.15) is 4.98 Å². The van der Waals surface area contributed by atoms with Crippen molar-refractivity contribution in [1.82, 2.24) is 25.4 Å². The van der Waals surface area contributed by atoms with Gasteiger partial charge in [0, 0.05) is 36.4 Å². The molecule has 0 unspecified atom stereocenters. The number of aromatic nitrogens is 4. The molecule has 7 heteroatoms. The van der Waals surface area contributed by atoms with Gasteiger partial charge in [-0.15, -0.1) is 0 Å². The summed E-state index contributed by atoms with van der Waals surface area (Å²) >= 11 is 0. The minimum absolute atomic E-state index is 0.0669. The number of rotatable bonds is 5. The first-order valence-electron chi connectivity index (χ1n) is 10.2. The number of carbonyl (C=O) groups is 1. The maximum Gasteiger partial charge on any atom is 0.259 e. The molecule has 0 atom stereocenters. The van der Waals surface area contributed by atoms with E-state index in [0.717, 1.165) is 59.0 Å². The fourth-order valence-electron chi connectivity index (χ4n) is 3.97. The molecular weight excluding hydrogens is 378 g/mol. The largest absolute Gasteiger partial charge is 0.352 e. The second-order valence-electron chi connectivity index (χ2n) is 7.40. The molecule has 1 aliphatic rings. The fraction of sp³-hybridized carbons (Fsp3) is 0.261. The smallest absolute Gasteiger partial charge is 0.259 e. The molecule has 0 saturated carbocycles. The molecule has 4 aromatic rings. The standard InChI is InChI=1S/C23H21N5O2/c29-22(25-13-11-20-27-23(30-28-20)15-6-5-12-24-14-15)21-16-7-1-3-9-18(16)26-19-10-4-2-8-17(19)21/h1,3,5-7,9,12,14H,2,4,8,10-11,13H2,(H,25,29). The SMILES string of the molecule is O=C(NCCc1noc(-c2cccnc2)n1)c1c2c(nc3ccccc13)CCCC2. The quantitative estimate of drug-likeness (QED) is 0.552. The average Bonchev–Trinajstić information content (AvgIpc) is 3.27. The molecule has 0 aliphatic heterocycles. The molecule has 3 heterocycles. The Balaban J connectivity index is 1.33. The highest BCUT2D eigenvalue weighted by molar-refractivity contribution is 6.07. The summed E-state index contributed by atoms with van der Waals surface area (Å²) in [6.07, 6.45) is 7.90. The van der Waals surface area contributed by atoms with E-state index in [4.69, 9.17) is 9.51 Å². The van der Waals surface area contributed by atoms with Crippen molar-refractivity contribution in [1.29, 1.82) is 0 Å². The van der Waals surface area contributed by atoms with Crippen LogP contribution in [0.4, 0.5) is 0 Å². The number of aryl methyl sites for hydroxylation is 1. The molecule has 7 nitrogen and oxygen atoms in total. The first-order valence-corrected chi connectivity index (χ1v) is 10.2. The van der Waals surface area contributed by atoms with Crippen LogP contribution in [0, 0.1) is 0 Å². The summed E-state index contributed by atoms with van der Waals surface area (Å²) in [4.78, 5) is 26.4. The van der Waals surface area contributed by atoms with Crippen molar-refractivity contribution in [3.05, 3.63) is 71.4 Å². The summed E-state index contributed by atoms with van der Waals surface area (Å²) in [5.41, 5.74) is 4.57. The number of amides is 1. The van der Waals surface area contributed by atoms with Gasteiger partial charge in [0.05, 0.1) is 16.6 Å². The van der Waals surface area contributed by atoms with Gasteiger partial charge in [-0.25, -0.2) is 0 Å². The summed E-state index contributed by atoms with van der Waals surface area (Å²) in [6, 6.07) is 11.5. The third-order valence-corrected chi connectivity index (χ3v) is 5.41. The first kappa shape index (κ1) is 18.4. The second kappa shape index (κ2) is 8.02. The number of benzene rings is 1. The van der Waals surface area contributed by atoms with E-state index in [1.54, 1.807) is 12.4 Å². The molecule has 3 aromatic heterocycles. The van der Waals surface area contributed by atoms with Crippen LogP contribution >= 0.6 is 0 Å². The lowest BCUT2D eigenvalue weighted by molar-refractivity contribution is 0.0954. The Morgan fingerprint density at radius 3 is 2.87 bits per heavy atom. The minimum atomic E-state index is -0.0669. The van der Waals surface area contributed by atoms with Crippen LogP contribution in [0.1, 0.15) is 40.3 Å². The van der Waals surface area contributed by atoms with Crippen molar-refractivity contribution in [3.8, 4) is 11.5 Å². The number of hydrogen-bond donors (Lipinski definition) is 1. The van der Waals surface area contributed by atoms with Gasteiger partial charge in [0.15, 0.2) is 5.82 Å². The zero-order valence-corrected chi connectivity index (χ0v) is 16.5. The van der Waals surface area contributed by atoms with Gasteiger partial charge in [-0.3, -0.25) is 14.8 Å². The molecule has 1 aromatic carbocycles. The molecule has 1 N–H and O–H groups in total. The Bertz CT molecular complexity index is 1200. The number of pyridine rings is 2. The van der Waals surface area contributed by atoms with Crippen LogP contribution in [0.5, 0.6) is 0 Å². The molecule has 1 aliphatic carbocycles. The first-order chi connectivity index (χ1) is 14.8. The lowest BCUT2D eigenvalue weighted by Crippen LogP contribution is -2.28. The van der Waals surface area contributed by atoms with Crippen molar-refractivity contribution in [3.63, 3.8) is 0 Å². The van der Waals surface area contributed by atoms with E-state index in [9.17, 15) is 4.79 Å². The molecular formula is C23H21N5O2. The Morgan fingerprint density at radius 2 is 1.97 bits per heavy atom. The van der Waals surface area contributed by atoms with Crippen molar-refractivity contribution in [2.24, 2.45) is 0 Å². The van der Waals surface area contributed by atoms with E-state index in [-0.39, 0.29) is 5.91 Å². The number of carbonyl (C=O) groups excluding carboxylic acids is 1. The molecule has 0 spiro atoms. The maximum atomic E-state index is 13.1. The average molecular weight is 399 g/mol. The van der Waals surface area contributed by atoms with Crippen molar-refractivity contribution >= 4 is 16.8 Å². The topological polar surface area (TPSA) is 93.8 Å². The van der Waals surface area contributed by atoms with Crippen molar-refractivity contribution in [2.45, 2.75) is 32.1 Å². The van der Waals surface area contributed by atoms with Crippen molar-refractivity contribution < 1.29 is 9.32 Å². The van der Waals surface area contributed by atoms with Gasteiger partial charge in [-0.1, -0.05) is 23.4 Å². The lowest BCUT2D eigenvalue weighted by Gasteiger charge is -2.20. The highest BCUT2D eigenvalue weighted by Gasteiger charge is 2.22. The van der Waals surface area contributed by atoms with Crippen LogP contribution in [0.25, 0.3) is 22.4 Å². The van der Waals surface area contributed by atoms with E-state index >= 15 is 0 Å². The van der Waals surface area contributed by atoms with Gasteiger partial charge >= 0.3 is 0 Å². The van der Waals surface area contributed by atoms with E-state index in [1.165, 1.54) is 0 Å². The number of nitrogens with one attached hydrogen (secondary N) is 1. The number of para-hydroxylation sites is 1. The lowest BCUT2D eigenvalue weighted by atomic mass is 9.89. The fourth-order valence-corrected chi connectivity index (χ4v) is 3.97. The van der Waals surface area contributed by atoms with Gasteiger partial charge in [0.25, 0.3) is 11.8 Å². The number of hydrogen-bond acceptors (Lipinski definition) is 6. The van der Waals surface area contributed by atoms with Gasteiger partial charge in [0.1, 0.15) is 0 Å². The van der Waals surface area contributed by atoms with Crippen LogP contribution in [0.2, 0.25) is 0 Å².